The highest BCUT2D eigenvalue weighted by Gasteiger charge is 2.23. The summed E-state index contributed by atoms with van der Waals surface area (Å²) in [5.74, 6) is 1.46. The van der Waals surface area contributed by atoms with Gasteiger partial charge in [0.25, 0.3) is 0 Å². The summed E-state index contributed by atoms with van der Waals surface area (Å²) in [5.41, 5.74) is 3.32. The average Bonchev–Trinajstić information content (AvgIpc) is 3.22. The van der Waals surface area contributed by atoms with Crippen molar-refractivity contribution in [2.75, 3.05) is 45.3 Å². The lowest BCUT2D eigenvalue weighted by atomic mass is 10.1. The fraction of sp³-hybridized carbons (Fsp3) is 0.391. The number of ether oxygens (including phenoxy) is 2. The topological polar surface area (TPSA) is 54.9 Å². The van der Waals surface area contributed by atoms with Crippen molar-refractivity contribution >= 4 is 32.6 Å². The van der Waals surface area contributed by atoms with Gasteiger partial charge in [-0.3, -0.25) is 4.79 Å². The Morgan fingerprint density at radius 1 is 1.00 bits per heavy atom. The van der Waals surface area contributed by atoms with E-state index in [1.165, 1.54) is 10.3 Å². The lowest BCUT2D eigenvalue weighted by Gasteiger charge is -2.34. The van der Waals surface area contributed by atoms with Crippen molar-refractivity contribution < 1.29 is 14.3 Å². The van der Waals surface area contributed by atoms with Gasteiger partial charge in [-0.1, -0.05) is 30.4 Å². The Morgan fingerprint density at radius 3 is 2.43 bits per heavy atom. The quantitative estimate of drug-likeness (QED) is 0.602. The Bertz CT molecular complexity index is 1040. The summed E-state index contributed by atoms with van der Waals surface area (Å²) in [6.07, 6.45) is 1.39. The van der Waals surface area contributed by atoms with Gasteiger partial charge in [-0.15, -0.1) is 0 Å². The van der Waals surface area contributed by atoms with Gasteiger partial charge >= 0.3 is 0 Å². The molecular formula is C23H27N3O3S. The van der Waals surface area contributed by atoms with E-state index in [0.29, 0.717) is 31.0 Å². The van der Waals surface area contributed by atoms with Crippen LogP contribution in [0.3, 0.4) is 0 Å². The number of methoxy groups -OCH3 is 2. The van der Waals surface area contributed by atoms with Crippen LogP contribution >= 0.6 is 11.3 Å². The van der Waals surface area contributed by atoms with Gasteiger partial charge < -0.3 is 19.3 Å². The van der Waals surface area contributed by atoms with Crippen LogP contribution in [-0.2, 0) is 17.6 Å². The zero-order chi connectivity index (χ0) is 21.1. The highest BCUT2D eigenvalue weighted by molar-refractivity contribution is 7.22. The molecule has 1 fully saturated rings. The highest BCUT2D eigenvalue weighted by Crippen LogP contribution is 2.31. The molecule has 4 rings (SSSR count). The molecule has 1 aromatic heterocycles. The zero-order valence-electron chi connectivity index (χ0n) is 17.7. The Labute approximate surface area is 181 Å². The van der Waals surface area contributed by atoms with E-state index >= 15 is 0 Å². The van der Waals surface area contributed by atoms with Crippen molar-refractivity contribution in [1.82, 2.24) is 9.88 Å². The van der Waals surface area contributed by atoms with E-state index in [4.69, 9.17) is 14.5 Å². The van der Waals surface area contributed by atoms with Gasteiger partial charge in [0, 0.05) is 26.2 Å². The summed E-state index contributed by atoms with van der Waals surface area (Å²) < 4.78 is 11.8. The van der Waals surface area contributed by atoms with E-state index in [0.717, 1.165) is 35.7 Å². The Hall–Kier alpha value is -2.80. The second-order valence-corrected chi connectivity index (χ2v) is 8.40. The first-order chi connectivity index (χ1) is 14.6. The first-order valence-corrected chi connectivity index (χ1v) is 11.1. The molecule has 1 saturated heterocycles. The lowest BCUT2D eigenvalue weighted by molar-refractivity contribution is -0.130. The summed E-state index contributed by atoms with van der Waals surface area (Å²) in [5, 5.41) is 1.05. The smallest absolute Gasteiger partial charge is 0.227 e. The molecule has 7 heteroatoms. The van der Waals surface area contributed by atoms with E-state index in [2.05, 4.69) is 30.0 Å². The Kier molecular flexibility index (Phi) is 6.08. The molecule has 3 aromatic rings. The van der Waals surface area contributed by atoms with Crippen LogP contribution in [0.25, 0.3) is 10.2 Å². The maximum Gasteiger partial charge on any atom is 0.227 e. The second kappa shape index (κ2) is 8.92. The lowest BCUT2D eigenvalue weighted by Crippen LogP contribution is -2.49. The largest absolute Gasteiger partial charge is 0.493 e. The number of carbonyl (C=O) groups excluding carboxylic acids is 1. The van der Waals surface area contributed by atoms with Gasteiger partial charge in [-0.25, -0.2) is 4.98 Å². The molecule has 2 aromatic carbocycles. The molecule has 1 aliphatic rings. The first-order valence-electron chi connectivity index (χ1n) is 10.2. The van der Waals surface area contributed by atoms with Crippen LogP contribution in [0.4, 0.5) is 5.13 Å². The fourth-order valence-corrected chi connectivity index (χ4v) is 4.82. The zero-order valence-corrected chi connectivity index (χ0v) is 18.5. The molecule has 0 N–H and O–H groups in total. The SMILES string of the molecule is CCc1ccc2nc(N3CCN(C(=O)Cc4ccc(OC)c(OC)c4)CC3)sc2c1. The van der Waals surface area contributed by atoms with Crippen LogP contribution in [0.5, 0.6) is 11.5 Å². The number of rotatable bonds is 6. The number of amides is 1. The van der Waals surface area contributed by atoms with Gasteiger partial charge in [0.2, 0.25) is 5.91 Å². The summed E-state index contributed by atoms with van der Waals surface area (Å²) in [4.78, 5) is 21.8. The Balaban J connectivity index is 1.38. The summed E-state index contributed by atoms with van der Waals surface area (Å²) in [7, 11) is 3.21. The number of thiazole rings is 1. The predicted octanol–water partition coefficient (Wildman–Crippen LogP) is 3.77. The molecule has 0 radical (unpaired) electrons. The third-order valence-corrected chi connectivity index (χ3v) is 6.63. The molecule has 1 amide bonds. The molecule has 0 unspecified atom stereocenters. The van der Waals surface area contributed by atoms with E-state index in [-0.39, 0.29) is 5.91 Å². The molecule has 30 heavy (non-hydrogen) atoms. The van der Waals surface area contributed by atoms with Crippen molar-refractivity contribution in [3.63, 3.8) is 0 Å². The molecule has 0 spiro atoms. The molecule has 0 bridgehead atoms. The minimum Gasteiger partial charge on any atom is -0.493 e. The second-order valence-electron chi connectivity index (χ2n) is 7.39. The van der Waals surface area contributed by atoms with Gasteiger partial charge in [0.05, 0.1) is 30.9 Å². The number of nitrogens with zero attached hydrogens (tertiary/aromatic N) is 3. The average molecular weight is 426 g/mol. The molecule has 0 atom stereocenters. The third-order valence-electron chi connectivity index (χ3n) is 5.56. The predicted molar refractivity (Wildman–Crippen MR) is 121 cm³/mol. The number of fused-ring (bicyclic) bond motifs is 1. The first kappa shape index (κ1) is 20.5. The van der Waals surface area contributed by atoms with Crippen molar-refractivity contribution in [2.45, 2.75) is 19.8 Å². The molecule has 2 heterocycles. The molecule has 6 nitrogen and oxygen atoms in total. The summed E-state index contributed by atoms with van der Waals surface area (Å²) >= 11 is 1.74. The molecule has 1 aliphatic heterocycles. The normalized spacial score (nSPS) is 14.2. The maximum atomic E-state index is 12.8. The van der Waals surface area contributed by atoms with Gasteiger partial charge in [-0.2, -0.15) is 0 Å². The van der Waals surface area contributed by atoms with Crippen molar-refractivity contribution in [2.24, 2.45) is 0 Å². The summed E-state index contributed by atoms with van der Waals surface area (Å²) in [6, 6.07) is 12.1. The number of aromatic nitrogens is 1. The number of anilines is 1. The van der Waals surface area contributed by atoms with Crippen molar-refractivity contribution in [3.05, 3.63) is 47.5 Å². The van der Waals surface area contributed by atoms with Crippen LogP contribution in [0.1, 0.15) is 18.1 Å². The number of benzene rings is 2. The summed E-state index contributed by atoms with van der Waals surface area (Å²) in [6.45, 7) is 5.20. The van der Waals surface area contributed by atoms with Crippen LogP contribution in [-0.4, -0.2) is 56.2 Å². The Morgan fingerprint density at radius 2 is 1.73 bits per heavy atom. The van der Waals surface area contributed by atoms with Crippen LogP contribution in [0.2, 0.25) is 0 Å². The molecule has 0 aliphatic carbocycles. The number of hydrogen-bond acceptors (Lipinski definition) is 6. The van der Waals surface area contributed by atoms with E-state index in [9.17, 15) is 4.79 Å². The fourth-order valence-electron chi connectivity index (χ4n) is 3.74. The van der Waals surface area contributed by atoms with Gasteiger partial charge in [-0.05, 0) is 41.8 Å². The van der Waals surface area contributed by atoms with Gasteiger partial charge in [0.1, 0.15) is 0 Å². The van der Waals surface area contributed by atoms with Crippen LogP contribution < -0.4 is 14.4 Å². The number of hydrogen-bond donors (Lipinski definition) is 0. The minimum absolute atomic E-state index is 0.138. The van der Waals surface area contributed by atoms with E-state index < -0.39 is 0 Å². The number of aryl methyl sites for hydroxylation is 1. The number of carbonyl (C=O) groups is 1. The molecule has 158 valence electrons. The molecular weight excluding hydrogens is 398 g/mol. The molecule has 0 saturated carbocycles. The van der Waals surface area contributed by atoms with Crippen molar-refractivity contribution in [1.29, 1.82) is 0 Å². The van der Waals surface area contributed by atoms with Crippen LogP contribution in [0, 0.1) is 0 Å². The van der Waals surface area contributed by atoms with E-state index in [1.807, 2.05) is 23.1 Å². The highest BCUT2D eigenvalue weighted by atomic mass is 32.1. The number of piperazine rings is 1. The monoisotopic (exact) mass is 425 g/mol. The van der Waals surface area contributed by atoms with Crippen molar-refractivity contribution in [3.8, 4) is 11.5 Å². The van der Waals surface area contributed by atoms with Gasteiger partial charge in [0.15, 0.2) is 16.6 Å². The standard InChI is InChI=1S/C23H27N3O3S/c1-4-16-5-7-18-21(14-16)30-23(24-18)26-11-9-25(10-12-26)22(27)15-17-6-8-19(28-2)20(13-17)29-3/h5-8,13-14H,4,9-12,15H2,1-3H3. The van der Waals surface area contributed by atoms with Crippen LogP contribution in [0.15, 0.2) is 36.4 Å². The van der Waals surface area contributed by atoms with E-state index in [1.54, 1.807) is 25.6 Å². The maximum absolute atomic E-state index is 12.8. The third kappa shape index (κ3) is 4.21. The minimum atomic E-state index is 0.138.